The van der Waals surface area contributed by atoms with Crippen molar-refractivity contribution in [1.29, 1.82) is 0 Å². The minimum Gasteiger partial charge on any atom is -0.478 e. The molecule has 0 amide bonds. The van der Waals surface area contributed by atoms with Crippen LogP contribution >= 0.6 is 0 Å². The summed E-state index contributed by atoms with van der Waals surface area (Å²) in [6, 6.07) is 34.7. The summed E-state index contributed by atoms with van der Waals surface area (Å²) in [5, 5.41) is 9.98. The monoisotopic (exact) mass is 514 g/mol. The largest absolute Gasteiger partial charge is 0.478 e. The molecule has 0 unspecified atom stereocenters. The topological polar surface area (TPSA) is 81.3 Å². The fraction of sp³-hybridized carbons (Fsp3) is 0.0606. The fourth-order valence-electron chi connectivity index (χ4n) is 4.59. The lowest BCUT2D eigenvalue weighted by Crippen LogP contribution is -2.42. The highest BCUT2D eigenvalue weighted by Gasteiger charge is 2.23. The molecule has 5 aromatic rings. The third-order valence-electron chi connectivity index (χ3n) is 6.49. The molecule has 0 saturated heterocycles. The molecular weight excluding hydrogens is 488 g/mol. The number of hydrogen-bond acceptors (Lipinski definition) is 3. The molecular formula is C33H26N2O4. The lowest BCUT2D eigenvalue weighted by molar-refractivity contribution is 0.0697. The Morgan fingerprint density at radius 3 is 1.74 bits per heavy atom. The minimum absolute atomic E-state index is 0.0138. The van der Waals surface area contributed by atoms with Gasteiger partial charge >= 0.3 is 11.7 Å². The second-order valence-corrected chi connectivity index (χ2v) is 9.09. The van der Waals surface area contributed by atoms with Gasteiger partial charge in [-0.05, 0) is 28.8 Å². The number of aromatic carboxylic acids is 1. The predicted molar refractivity (Wildman–Crippen MR) is 154 cm³/mol. The second-order valence-electron chi connectivity index (χ2n) is 9.09. The van der Waals surface area contributed by atoms with Crippen LogP contribution in [0.5, 0.6) is 0 Å². The van der Waals surface area contributed by atoms with Crippen LogP contribution in [0.3, 0.4) is 0 Å². The van der Waals surface area contributed by atoms with Crippen molar-refractivity contribution < 1.29 is 9.90 Å². The van der Waals surface area contributed by atoms with E-state index in [4.69, 9.17) is 0 Å². The normalized spacial score (nSPS) is 11.1. The molecule has 0 radical (unpaired) electrons. The summed E-state index contributed by atoms with van der Waals surface area (Å²) < 4.78 is 2.74. The van der Waals surface area contributed by atoms with E-state index in [9.17, 15) is 19.5 Å². The van der Waals surface area contributed by atoms with Gasteiger partial charge in [0.2, 0.25) is 0 Å². The van der Waals surface area contributed by atoms with E-state index in [-0.39, 0.29) is 29.8 Å². The molecule has 1 aromatic heterocycles. The first kappa shape index (κ1) is 25.4. The van der Waals surface area contributed by atoms with Gasteiger partial charge in [0, 0.05) is 5.56 Å². The quantitative estimate of drug-likeness (QED) is 0.291. The SMILES string of the molecule is O=C(O)c1ccccc1-c1c(/C=C/c2ccccc2)n(Cc2ccccc2)c(=O)n(Cc2ccccc2)c1=O. The summed E-state index contributed by atoms with van der Waals surface area (Å²) in [6.45, 7) is 0.254. The Balaban J connectivity index is 1.84. The summed E-state index contributed by atoms with van der Waals surface area (Å²) in [5.74, 6) is -1.15. The van der Waals surface area contributed by atoms with Crippen LogP contribution in [0.4, 0.5) is 0 Å². The van der Waals surface area contributed by atoms with Crippen LogP contribution in [-0.4, -0.2) is 20.2 Å². The highest BCUT2D eigenvalue weighted by Crippen LogP contribution is 2.26. The number of carbonyl (C=O) groups is 1. The molecule has 4 aromatic carbocycles. The van der Waals surface area contributed by atoms with E-state index < -0.39 is 17.2 Å². The molecule has 0 saturated carbocycles. The first-order valence-corrected chi connectivity index (χ1v) is 12.5. The third-order valence-corrected chi connectivity index (χ3v) is 6.49. The Kier molecular flexibility index (Phi) is 7.46. The minimum atomic E-state index is -1.15. The van der Waals surface area contributed by atoms with Crippen LogP contribution < -0.4 is 11.2 Å². The molecule has 0 bridgehead atoms. The van der Waals surface area contributed by atoms with Gasteiger partial charge in [-0.15, -0.1) is 0 Å². The van der Waals surface area contributed by atoms with Gasteiger partial charge in [-0.3, -0.25) is 13.9 Å². The number of rotatable bonds is 8. The summed E-state index contributed by atoms with van der Waals surface area (Å²) in [7, 11) is 0. The summed E-state index contributed by atoms with van der Waals surface area (Å²) in [5.41, 5.74) is 2.26. The van der Waals surface area contributed by atoms with Crippen LogP contribution in [0.1, 0.15) is 32.7 Å². The first-order valence-electron chi connectivity index (χ1n) is 12.5. The van der Waals surface area contributed by atoms with Gasteiger partial charge in [0.15, 0.2) is 0 Å². The maximum absolute atomic E-state index is 14.1. The third kappa shape index (κ3) is 5.55. The van der Waals surface area contributed by atoms with Crippen LogP contribution in [0.15, 0.2) is 125 Å². The zero-order chi connectivity index (χ0) is 27.2. The molecule has 0 aliphatic rings. The van der Waals surface area contributed by atoms with Crippen molar-refractivity contribution in [3.8, 4) is 11.1 Å². The number of carboxylic acid groups (broad SMARTS) is 1. The zero-order valence-electron chi connectivity index (χ0n) is 21.1. The Morgan fingerprint density at radius 2 is 1.15 bits per heavy atom. The predicted octanol–water partition coefficient (Wildman–Crippen LogP) is 5.64. The highest BCUT2D eigenvalue weighted by atomic mass is 16.4. The smallest absolute Gasteiger partial charge is 0.336 e. The highest BCUT2D eigenvalue weighted by molar-refractivity contribution is 5.97. The van der Waals surface area contributed by atoms with Crippen molar-refractivity contribution in [2.24, 2.45) is 0 Å². The summed E-state index contributed by atoms with van der Waals surface area (Å²) in [4.78, 5) is 40.4. The average molecular weight is 515 g/mol. The zero-order valence-corrected chi connectivity index (χ0v) is 21.1. The molecule has 192 valence electrons. The molecule has 0 spiro atoms. The van der Waals surface area contributed by atoms with Crippen LogP contribution in [0, 0.1) is 0 Å². The van der Waals surface area contributed by atoms with Crippen molar-refractivity contribution in [2.75, 3.05) is 0 Å². The fourth-order valence-corrected chi connectivity index (χ4v) is 4.59. The van der Waals surface area contributed by atoms with Gasteiger partial charge < -0.3 is 5.11 Å². The molecule has 6 heteroatoms. The van der Waals surface area contributed by atoms with Gasteiger partial charge in [-0.25, -0.2) is 9.59 Å². The Labute approximate surface area is 225 Å². The van der Waals surface area contributed by atoms with Crippen molar-refractivity contribution in [1.82, 2.24) is 9.13 Å². The van der Waals surface area contributed by atoms with E-state index >= 15 is 0 Å². The van der Waals surface area contributed by atoms with Gasteiger partial charge in [0.05, 0.1) is 29.9 Å². The van der Waals surface area contributed by atoms with Gasteiger partial charge in [-0.1, -0.05) is 115 Å². The molecule has 1 heterocycles. The summed E-state index contributed by atoms with van der Waals surface area (Å²) >= 11 is 0. The van der Waals surface area contributed by atoms with Gasteiger partial charge in [0.1, 0.15) is 0 Å². The lowest BCUT2D eigenvalue weighted by Gasteiger charge is -2.19. The number of carboxylic acids is 1. The molecule has 5 rings (SSSR count). The summed E-state index contributed by atoms with van der Waals surface area (Å²) in [6.07, 6.45) is 3.55. The van der Waals surface area contributed by atoms with Crippen molar-refractivity contribution in [3.63, 3.8) is 0 Å². The molecule has 0 fully saturated rings. The molecule has 39 heavy (non-hydrogen) atoms. The second kappa shape index (κ2) is 11.4. The van der Waals surface area contributed by atoms with Crippen molar-refractivity contribution >= 4 is 18.1 Å². The maximum Gasteiger partial charge on any atom is 0.336 e. The Hall–Kier alpha value is -5.23. The average Bonchev–Trinajstić information content (AvgIpc) is 2.97. The number of nitrogens with zero attached hydrogens (tertiary/aromatic N) is 2. The van der Waals surface area contributed by atoms with Gasteiger partial charge in [0.25, 0.3) is 5.56 Å². The van der Waals surface area contributed by atoms with Crippen molar-refractivity contribution in [2.45, 2.75) is 13.1 Å². The van der Waals surface area contributed by atoms with Crippen molar-refractivity contribution in [3.05, 3.63) is 164 Å². The number of benzene rings is 4. The van der Waals surface area contributed by atoms with Gasteiger partial charge in [-0.2, -0.15) is 0 Å². The van der Waals surface area contributed by atoms with Crippen LogP contribution in [0.25, 0.3) is 23.3 Å². The molecule has 0 atom stereocenters. The van der Waals surface area contributed by atoms with E-state index in [0.717, 1.165) is 16.7 Å². The van der Waals surface area contributed by atoms with Crippen LogP contribution in [-0.2, 0) is 13.1 Å². The molecule has 0 aliphatic heterocycles. The lowest BCUT2D eigenvalue weighted by atomic mass is 9.98. The van der Waals surface area contributed by atoms with E-state index in [0.29, 0.717) is 5.69 Å². The molecule has 1 N–H and O–H groups in total. The van der Waals surface area contributed by atoms with E-state index in [2.05, 4.69) is 0 Å². The Bertz CT molecular complexity index is 1750. The molecule has 0 aliphatic carbocycles. The Morgan fingerprint density at radius 1 is 0.641 bits per heavy atom. The number of aromatic nitrogens is 2. The molecule has 6 nitrogen and oxygen atoms in total. The first-order chi connectivity index (χ1) is 19.0. The van der Waals surface area contributed by atoms with E-state index in [1.54, 1.807) is 28.8 Å². The number of hydrogen-bond donors (Lipinski definition) is 1. The van der Waals surface area contributed by atoms with Crippen LogP contribution in [0.2, 0.25) is 0 Å². The van der Waals surface area contributed by atoms with E-state index in [1.807, 2.05) is 97.1 Å². The maximum atomic E-state index is 14.1. The standard InChI is InChI=1S/C33H26N2O4/c36-31-30(27-18-10-11-19-28(27)32(37)38)29(21-20-24-12-4-1-5-13-24)34(22-25-14-6-2-7-15-25)33(39)35(31)23-26-16-8-3-9-17-26/h1-21H,22-23H2,(H,37,38)/b21-20+. The van der Waals surface area contributed by atoms with E-state index in [1.165, 1.54) is 10.6 Å².